The molecule has 0 bridgehead atoms. The molecule has 0 radical (unpaired) electrons. The first kappa shape index (κ1) is 21.0. The molecule has 2 heterocycles. The van der Waals surface area contributed by atoms with Gasteiger partial charge in [0, 0.05) is 44.1 Å². The molecule has 1 fully saturated rings. The summed E-state index contributed by atoms with van der Waals surface area (Å²) < 4.78 is 27.4. The second-order valence-corrected chi connectivity index (χ2v) is 9.25. The molecule has 2 amide bonds. The molecule has 9 heteroatoms. The molecule has 4 rings (SSSR count). The van der Waals surface area contributed by atoms with Crippen molar-refractivity contribution in [1.82, 2.24) is 14.2 Å². The van der Waals surface area contributed by atoms with E-state index in [2.05, 4.69) is 10.3 Å². The molecule has 0 unspecified atom stereocenters. The predicted octanol–water partition coefficient (Wildman–Crippen LogP) is 2.34. The summed E-state index contributed by atoms with van der Waals surface area (Å²) >= 11 is 0. The Morgan fingerprint density at radius 2 is 1.71 bits per heavy atom. The molecule has 0 spiro atoms. The van der Waals surface area contributed by atoms with Gasteiger partial charge in [0.2, 0.25) is 15.9 Å². The van der Waals surface area contributed by atoms with Crippen LogP contribution in [0, 0.1) is 0 Å². The van der Waals surface area contributed by atoms with E-state index >= 15 is 0 Å². The predicted molar refractivity (Wildman–Crippen MR) is 117 cm³/mol. The monoisotopic (exact) mass is 438 g/mol. The summed E-state index contributed by atoms with van der Waals surface area (Å²) in [5.41, 5.74) is 1.58. The molecule has 160 valence electrons. The molecule has 1 N–H and O–H groups in total. The van der Waals surface area contributed by atoms with Crippen LogP contribution in [-0.2, 0) is 14.8 Å². The summed E-state index contributed by atoms with van der Waals surface area (Å²) in [7, 11) is -3.77. The number of carbonyl (C=O) groups is 2. The number of anilines is 1. The van der Waals surface area contributed by atoms with E-state index in [0.29, 0.717) is 18.8 Å². The number of piperazine rings is 1. The van der Waals surface area contributed by atoms with E-state index in [0.717, 1.165) is 10.9 Å². The van der Waals surface area contributed by atoms with Gasteiger partial charge in [-0.05, 0) is 30.3 Å². The second-order valence-electron chi connectivity index (χ2n) is 7.31. The van der Waals surface area contributed by atoms with Gasteiger partial charge in [-0.1, -0.05) is 24.3 Å². The van der Waals surface area contributed by atoms with Gasteiger partial charge in [0.05, 0.1) is 22.3 Å². The average molecular weight is 439 g/mol. The lowest BCUT2D eigenvalue weighted by Gasteiger charge is -2.33. The zero-order chi connectivity index (χ0) is 22.0. The molecule has 1 saturated heterocycles. The van der Waals surface area contributed by atoms with Crippen molar-refractivity contribution in [2.45, 2.75) is 11.8 Å². The number of aromatic nitrogens is 1. The van der Waals surface area contributed by atoms with Crippen molar-refractivity contribution in [2.24, 2.45) is 0 Å². The minimum atomic E-state index is -3.77. The highest BCUT2D eigenvalue weighted by Crippen LogP contribution is 2.21. The zero-order valence-electron chi connectivity index (χ0n) is 17.0. The Bertz CT molecular complexity index is 1250. The van der Waals surface area contributed by atoms with Gasteiger partial charge >= 0.3 is 0 Å². The Kier molecular flexibility index (Phi) is 5.71. The van der Waals surface area contributed by atoms with Gasteiger partial charge < -0.3 is 10.2 Å². The number of para-hydroxylation sites is 1. The van der Waals surface area contributed by atoms with E-state index in [9.17, 15) is 18.0 Å². The minimum Gasteiger partial charge on any atom is -0.340 e. The Morgan fingerprint density at radius 3 is 2.45 bits per heavy atom. The van der Waals surface area contributed by atoms with E-state index in [1.54, 1.807) is 23.2 Å². The number of nitrogens with zero attached hydrogens (tertiary/aromatic N) is 3. The molecule has 3 aromatic rings. The molecule has 8 nitrogen and oxygen atoms in total. The fourth-order valence-corrected chi connectivity index (χ4v) is 5.00. The number of pyridine rings is 1. The van der Waals surface area contributed by atoms with Crippen LogP contribution in [0.4, 0.5) is 5.69 Å². The number of amides is 2. The van der Waals surface area contributed by atoms with Crippen LogP contribution >= 0.6 is 0 Å². The molecule has 1 aliphatic rings. The van der Waals surface area contributed by atoms with Gasteiger partial charge in [-0.25, -0.2) is 8.42 Å². The van der Waals surface area contributed by atoms with Gasteiger partial charge in [0.25, 0.3) is 5.91 Å². The number of rotatable bonds is 4. The SMILES string of the molecule is CC(=O)N1CCN(S(=O)(=O)c2cccc(C(=O)Nc3cnc4ccccc4c3)c2)CC1. The zero-order valence-corrected chi connectivity index (χ0v) is 17.8. The maximum Gasteiger partial charge on any atom is 0.255 e. The van der Waals surface area contributed by atoms with Crippen LogP contribution in [0.5, 0.6) is 0 Å². The smallest absolute Gasteiger partial charge is 0.255 e. The summed E-state index contributed by atoms with van der Waals surface area (Å²) in [6.45, 7) is 2.62. The molecular formula is C22H22N4O4S. The van der Waals surface area contributed by atoms with E-state index < -0.39 is 15.9 Å². The van der Waals surface area contributed by atoms with Gasteiger partial charge in [-0.3, -0.25) is 14.6 Å². The highest BCUT2D eigenvalue weighted by Gasteiger charge is 2.29. The van der Waals surface area contributed by atoms with Crippen molar-refractivity contribution in [1.29, 1.82) is 0 Å². The van der Waals surface area contributed by atoms with Crippen LogP contribution < -0.4 is 5.32 Å². The second kappa shape index (κ2) is 8.44. The Labute approximate surface area is 180 Å². The maximum absolute atomic E-state index is 13.0. The summed E-state index contributed by atoms with van der Waals surface area (Å²) in [5.74, 6) is -0.491. The number of carbonyl (C=O) groups excluding carboxylic acids is 2. The molecule has 0 atom stereocenters. The van der Waals surface area contributed by atoms with Crippen LogP contribution in [0.15, 0.2) is 65.7 Å². The summed E-state index contributed by atoms with van der Waals surface area (Å²) in [6, 6.07) is 15.3. The van der Waals surface area contributed by atoms with E-state index in [-0.39, 0.29) is 29.5 Å². The van der Waals surface area contributed by atoms with E-state index in [4.69, 9.17) is 0 Å². The largest absolute Gasteiger partial charge is 0.340 e. The number of sulfonamides is 1. The molecule has 31 heavy (non-hydrogen) atoms. The normalized spacial score (nSPS) is 15.1. The standard InChI is InChI=1S/C22H22N4O4S/c1-16(27)25-9-11-26(12-10-25)31(29,30)20-7-4-6-18(14-20)22(28)24-19-13-17-5-2-3-8-21(17)23-15-19/h2-8,13-15H,9-12H2,1H3,(H,24,28). The first-order valence-corrected chi connectivity index (χ1v) is 11.3. The first-order valence-electron chi connectivity index (χ1n) is 9.86. The average Bonchev–Trinajstić information content (AvgIpc) is 2.79. The van der Waals surface area contributed by atoms with Crippen molar-refractivity contribution >= 4 is 38.4 Å². The molecule has 1 aliphatic heterocycles. The van der Waals surface area contributed by atoms with Gasteiger partial charge in [0.15, 0.2) is 0 Å². The number of hydrogen-bond acceptors (Lipinski definition) is 5. The summed E-state index contributed by atoms with van der Waals surface area (Å²) in [5, 5.41) is 3.66. The highest BCUT2D eigenvalue weighted by atomic mass is 32.2. The highest BCUT2D eigenvalue weighted by molar-refractivity contribution is 7.89. The Balaban J connectivity index is 1.51. The third kappa shape index (κ3) is 4.42. The first-order chi connectivity index (χ1) is 14.8. The lowest BCUT2D eigenvalue weighted by atomic mass is 10.2. The molecular weight excluding hydrogens is 416 g/mol. The molecule has 2 aromatic carbocycles. The maximum atomic E-state index is 13.0. The molecule has 1 aromatic heterocycles. The van der Waals surface area contributed by atoms with Crippen molar-refractivity contribution in [3.8, 4) is 0 Å². The van der Waals surface area contributed by atoms with Crippen molar-refractivity contribution in [3.63, 3.8) is 0 Å². The summed E-state index contributed by atoms with van der Waals surface area (Å²) in [6.07, 6.45) is 1.56. The van der Waals surface area contributed by atoms with Crippen molar-refractivity contribution in [2.75, 3.05) is 31.5 Å². The summed E-state index contributed by atoms with van der Waals surface area (Å²) in [4.78, 5) is 30.2. The van der Waals surface area contributed by atoms with Crippen LogP contribution in [0.1, 0.15) is 17.3 Å². The van der Waals surface area contributed by atoms with Crippen molar-refractivity contribution < 1.29 is 18.0 Å². The fourth-order valence-electron chi connectivity index (χ4n) is 3.53. The third-order valence-corrected chi connectivity index (χ3v) is 7.16. The number of hydrogen-bond donors (Lipinski definition) is 1. The van der Waals surface area contributed by atoms with E-state index in [1.807, 2.05) is 30.3 Å². The van der Waals surface area contributed by atoms with Gasteiger partial charge in [-0.2, -0.15) is 4.31 Å². The number of benzene rings is 2. The minimum absolute atomic E-state index is 0.0491. The fraction of sp³-hybridized carbons (Fsp3) is 0.227. The number of fused-ring (bicyclic) bond motifs is 1. The van der Waals surface area contributed by atoms with Crippen LogP contribution in [0.3, 0.4) is 0 Å². The van der Waals surface area contributed by atoms with Gasteiger partial charge in [0.1, 0.15) is 0 Å². The number of nitrogens with one attached hydrogen (secondary N) is 1. The van der Waals surface area contributed by atoms with Crippen molar-refractivity contribution in [3.05, 3.63) is 66.4 Å². The van der Waals surface area contributed by atoms with E-state index in [1.165, 1.54) is 23.4 Å². The lowest BCUT2D eigenvalue weighted by Crippen LogP contribution is -2.49. The topological polar surface area (TPSA) is 99.7 Å². The molecule has 0 saturated carbocycles. The van der Waals surface area contributed by atoms with Gasteiger partial charge in [-0.15, -0.1) is 0 Å². The third-order valence-electron chi connectivity index (χ3n) is 5.27. The van der Waals surface area contributed by atoms with Crippen LogP contribution in [0.2, 0.25) is 0 Å². The van der Waals surface area contributed by atoms with Crippen LogP contribution in [0.25, 0.3) is 10.9 Å². The Morgan fingerprint density at radius 1 is 0.968 bits per heavy atom. The molecule has 0 aliphatic carbocycles. The lowest BCUT2D eigenvalue weighted by molar-refractivity contribution is -0.129. The Hall–Kier alpha value is -3.30. The quantitative estimate of drug-likeness (QED) is 0.674. The van der Waals surface area contributed by atoms with Crippen LogP contribution in [-0.4, -0.2) is 60.6 Å².